The lowest BCUT2D eigenvalue weighted by Crippen LogP contribution is -2.37. The summed E-state index contributed by atoms with van der Waals surface area (Å²) in [6, 6.07) is 4.39. The topological polar surface area (TPSA) is 65.1 Å². The Hall–Kier alpha value is -1.28. The molecule has 168 valence electrons. The van der Waals surface area contributed by atoms with Gasteiger partial charge < -0.3 is 14.2 Å². The summed E-state index contributed by atoms with van der Waals surface area (Å²) in [4.78, 5) is 26.0. The number of benzene rings is 1. The minimum atomic E-state index is -1.18. The van der Waals surface area contributed by atoms with Crippen LogP contribution in [0.15, 0.2) is 12.1 Å². The van der Waals surface area contributed by atoms with E-state index < -0.39 is 19.8 Å². The number of carbonyl (C=O) groups excluding carboxylic acids is 2. The first-order chi connectivity index (χ1) is 13.8. The van der Waals surface area contributed by atoms with Crippen molar-refractivity contribution in [1.82, 2.24) is 4.90 Å². The fourth-order valence-corrected chi connectivity index (χ4v) is 4.22. The van der Waals surface area contributed by atoms with Gasteiger partial charge in [-0.2, -0.15) is 0 Å². The van der Waals surface area contributed by atoms with Gasteiger partial charge in [-0.05, 0) is 38.9 Å². The smallest absolute Gasteiger partial charge is 0.417 e. The normalized spacial score (nSPS) is 17.4. The van der Waals surface area contributed by atoms with Gasteiger partial charge in [-0.1, -0.05) is 42.8 Å². The number of rotatable bonds is 7. The van der Waals surface area contributed by atoms with Crippen LogP contribution >= 0.6 is 23.2 Å². The molecule has 1 fully saturated rings. The van der Waals surface area contributed by atoms with Crippen LogP contribution in [0.3, 0.4) is 0 Å². The van der Waals surface area contributed by atoms with Crippen LogP contribution in [0.2, 0.25) is 35.7 Å². The molecule has 0 aliphatic carbocycles. The molecule has 1 aliphatic rings. The van der Waals surface area contributed by atoms with Crippen LogP contribution in [0.5, 0.6) is 5.75 Å². The minimum absolute atomic E-state index is 0.0753. The lowest BCUT2D eigenvalue weighted by molar-refractivity contribution is -0.126. The maximum Gasteiger partial charge on any atom is 0.417 e. The van der Waals surface area contributed by atoms with Gasteiger partial charge in [0.2, 0.25) is 5.91 Å². The van der Waals surface area contributed by atoms with Gasteiger partial charge in [0.05, 0.1) is 10.0 Å². The lowest BCUT2D eigenvalue weighted by Gasteiger charge is -2.24. The van der Waals surface area contributed by atoms with Crippen molar-refractivity contribution in [2.24, 2.45) is 0 Å². The molecule has 1 atom stereocenters. The molecule has 2 rings (SSSR count). The summed E-state index contributed by atoms with van der Waals surface area (Å²) in [6.45, 7) is 13.0. The van der Waals surface area contributed by atoms with Crippen molar-refractivity contribution in [3.63, 3.8) is 0 Å². The third-order valence-corrected chi connectivity index (χ3v) is 7.06. The molecule has 0 N–H and O–H groups in total. The van der Waals surface area contributed by atoms with Gasteiger partial charge >= 0.3 is 6.09 Å². The number of carbonyl (C=O) groups is 2. The van der Waals surface area contributed by atoms with E-state index in [1.807, 2.05) is 0 Å². The Labute approximate surface area is 189 Å². The molecular weight excluding hydrogens is 445 g/mol. The molecule has 1 aromatic rings. The first kappa shape index (κ1) is 25.0. The predicted molar refractivity (Wildman–Crippen MR) is 121 cm³/mol. The molecule has 0 saturated carbocycles. The van der Waals surface area contributed by atoms with Crippen LogP contribution in [-0.2, 0) is 14.3 Å². The summed E-state index contributed by atoms with van der Waals surface area (Å²) in [5, 5.41) is 0.682. The van der Waals surface area contributed by atoms with E-state index >= 15 is 0 Å². The number of amides is 2. The molecule has 0 unspecified atom stereocenters. The lowest BCUT2D eigenvalue weighted by atomic mass is 9.97. The van der Waals surface area contributed by atoms with Gasteiger partial charge in [-0.3, -0.25) is 4.79 Å². The molecule has 0 spiro atoms. The molecule has 1 aromatic carbocycles. The second-order valence-electron chi connectivity index (χ2n) is 9.64. The Bertz CT molecular complexity index is 789. The van der Waals surface area contributed by atoms with Gasteiger partial charge in [-0.15, -0.1) is 0 Å². The number of ether oxygens (including phenoxy) is 3. The van der Waals surface area contributed by atoms with E-state index in [9.17, 15) is 9.59 Å². The highest BCUT2D eigenvalue weighted by molar-refractivity contribution is 6.76. The van der Waals surface area contributed by atoms with Crippen molar-refractivity contribution in [2.75, 3.05) is 19.9 Å². The first-order valence-electron chi connectivity index (χ1n) is 10.0. The average molecular weight is 476 g/mol. The van der Waals surface area contributed by atoms with Crippen molar-refractivity contribution in [2.45, 2.75) is 64.4 Å². The monoisotopic (exact) mass is 475 g/mol. The van der Waals surface area contributed by atoms with Gasteiger partial charge in [0, 0.05) is 39.1 Å². The second-order valence-corrected chi connectivity index (χ2v) is 16.0. The summed E-state index contributed by atoms with van der Waals surface area (Å²) in [5.74, 6) is -0.155. The third-order valence-electron chi connectivity index (χ3n) is 4.53. The third kappa shape index (κ3) is 7.15. The van der Waals surface area contributed by atoms with E-state index in [1.165, 1.54) is 0 Å². The summed E-state index contributed by atoms with van der Waals surface area (Å²) in [7, 11) is -1.18. The molecule has 30 heavy (non-hydrogen) atoms. The van der Waals surface area contributed by atoms with E-state index in [4.69, 9.17) is 37.4 Å². The Balaban J connectivity index is 2.12. The second kappa shape index (κ2) is 9.89. The molecule has 6 nitrogen and oxygen atoms in total. The van der Waals surface area contributed by atoms with E-state index in [2.05, 4.69) is 19.6 Å². The quantitative estimate of drug-likeness (QED) is 0.277. The number of likely N-dealkylation sites (tertiary alicyclic amines) is 1. The molecule has 0 aromatic heterocycles. The summed E-state index contributed by atoms with van der Waals surface area (Å²) < 4.78 is 16.8. The molecule has 9 heteroatoms. The van der Waals surface area contributed by atoms with Gasteiger partial charge in [0.1, 0.15) is 11.4 Å². The predicted octanol–water partition coefficient (Wildman–Crippen LogP) is 5.94. The van der Waals surface area contributed by atoms with Gasteiger partial charge in [-0.25, -0.2) is 9.69 Å². The summed E-state index contributed by atoms with van der Waals surface area (Å²) in [5.41, 5.74) is -0.0811. The maximum atomic E-state index is 12.5. The Morgan fingerprint density at radius 2 is 1.90 bits per heavy atom. The van der Waals surface area contributed by atoms with Crippen molar-refractivity contribution >= 4 is 43.3 Å². The van der Waals surface area contributed by atoms with E-state index in [-0.39, 0.29) is 31.6 Å². The molecule has 0 radical (unpaired) electrons. The van der Waals surface area contributed by atoms with Gasteiger partial charge in [0.25, 0.3) is 0 Å². The van der Waals surface area contributed by atoms with Crippen LogP contribution < -0.4 is 4.74 Å². The van der Waals surface area contributed by atoms with Crippen LogP contribution in [0.1, 0.15) is 38.7 Å². The van der Waals surface area contributed by atoms with E-state index in [0.29, 0.717) is 28.0 Å². The van der Waals surface area contributed by atoms with Crippen LogP contribution in [-0.4, -0.2) is 50.5 Å². The number of hydrogen-bond donors (Lipinski definition) is 0. The van der Waals surface area contributed by atoms with Crippen molar-refractivity contribution in [3.8, 4) is 5.75 Å². The number of halogens is 2. The highest BCUT2D eigenvalue weighted by atomic mass is 35.5. The van der Waals surface area contributed by atoms with Crippen LogP contribution in [0, 0.1) is 0 Å². The van der Waals surface area contributed by atoms with E-state index in [0.717, 1.165) is 10.9 Å². The molecule has 0 bridgehead atoms. The van der Waals surface area contributed by atoms with Crippen LogP contribution in [0.25, 0.3) is 0 Å². The minimum Gasteiger partial charge on any atom is -0.467 e. The van der Waals surface area contributed by atoms with Crippen molar-refractivity contribution in [3.05, 3.63) is 27.7 Å². The molecule has 2 amide bonds. The molecule has 1 heterocycles. The fourth-order valence-electron chi connectivity index (χ4n) is 2.99. The first-order valence-corrected chi connectivity index (χ1v) is 14.5. The van der Waals surface area contributed by atoms with Gasteiger partial charge in [0.15, 0.2) is 6.79 Å². The standard InChI is InChI=1S/C21H31Cl2NO5Si/c1-21(2,3)29-20(26)24-12-14(11-17(24)25)18-16(8-7-15(22)19(18)23)28-13-27-9-10-30(4,5)6/h7-8,14H,9-13H2,1-6H3/t14-/m0/s1. The largest absolute Gasteiger partial charge is 0.467 e. The SMILES string of the molecule is CC(C)(C)OC(=O)N1C[C@@H](c2c(OCOCC[Si](C)(C)C)ccc(Cl)c2Cl)CC1=O. The summed E-state index contributed by atoms with van der Waals surface area (Å²) >= 11 is 12.7. The zero-order valence-corrected chi connectivity index (χ0v) is 21.0. The van der Waals surface area contributed by atoms with Crippen molar-refractivity contribution < 1.29 is 23.8 Å². The zero-order valence-electron chi connectivity index (χ0n) is 18.5. The summed E-state index contributed by atoms with van der Waals surface area (Å²) in [6.07, 6.45) is -0.545. The highest BCUT2D eigenvalue weighted by Crippen LogP contribution is 2.42. The Morgan fingerprint density at radius 3 is 2.50 bits per heavy atom. The zero-order chi connectivity index (χ0) is 22.7. The number of nitrogens with zero attached hydrogens (tertiary/aromatic N) is 1. The highest BCUT2D eigenvalue weighted by Gasteiger charge is 2.39. The Morgan fingerprint density at radius 1 is 1.23 bits per heavy atom. The fraction of sp³-hybridized carbons (Fsp3) is 0.619. The molecule has 1 saturated heterocycles. The molecule has 1 aliphatic heterocycles. The maximum absolute atomic E-state index is 12.5. The Kier molecular flexibility index (Phi) is 8.24. The number of hydrogen-bond acceptors (Lipinski definition) is 5. The molecular formula is C21H31Cl2NO5Si. The van der Waals surface area contributed by atoms with Crippen molar-refractivity contribution in [1.29, 1.82) is 0 Å². The average Bonchev–Trinajstić information content (AvgIpc) is 2.96. The number of imide groups is 1. The van der Waals surface area contributed by atoms with E-state index in [1.54, 1.807) is 32.9 Å². The van der Waals surface area contributed by atoms with Crippen LogP contribution in [0.4, 0.5) is 4.79 Å².